The van der Waals surface area contributed by atoms with Crippen molar-refractivity contribution in [2.75, 3.05) is 31.7 Å². The number of rotatable bonds is 3. The summed E-state index contributed by atoms with van der Waals surface area (Å²) in [4.78, 5) is 30.0. The smallest absolute Gasteiger partial charge is 0.286 e. The number of hydrogen-bond acceptors (Lipinski definition) is 8. The lowest BCUT2D eigenvalue weighted by molar-refractivity contribution is 0.0455. The molecule has 2 N–H and O–H groups in total. The number of aryl methyl sites for hydroxylation is 2. The molecule has 51 heavy (non-hydrogen) atoms. The molecule has 0 radical (unpaired) electrons. The summed E-state index contributed by atoms with van der Waals surface area (Å²) >= 11 is 6.44. The number of benzene rings is 2. The summed E-state index contributed by atoms with van der Waals surface area (Å²) in [6.07, 6.45) is 9.86. The van der Waals surface area contributed by atoms with Gasteiger partial charge in [-0.2, -0.15) is 0 Å². The maximum absolute atomic E-state index is 14.8. The minimum Gasteiger partial charge on any atom is -0.490 e. The lowest BCUT2D eigenvalue weighted by atomic mass is 9.68. The van der Waals surface area contributed by atoms with Crippen molar-refractivity contribution in [3.05, 3.63) is 82.0 Å². The van der Waals surface area contributed by atoms with Crippen molar-refractivity contribution in [3.8, 4) is 11.6 Å². The molecule has 4 aliphatic rings. The number of hydrogen-bond donors (Lipinski definition) is 2. The number of ether oxygens (including phenoxy) is 2. The first-order valence-electron chi connectivity index (χ1n) is 17.7. The van der Waals surface area contributed by atoms with Crippen LogP contribution in [0.15, 0.2) is 59.1 Å². The molecule has 1 fully saturated rings. The molecule has 1 spiro atoms. The molecule has 1 saturated carbocycles. The average molecular weight is 736 g/mol. The molecule has 272 valence electrons. The Balaban J connectivity index is 1.32. The number of fused-ring (bicyclic) bond motifs is 4. The Labute approximate surface area is 304 Å². The molecule has 7 rings (SSSR count). The first-order chi connectivity index (χ1) is 24.4. The second kappa shape index (κ2) is 13.9. The highest BCUT2D eigenvalue weighted by Gasteiger charge is 2.44. The van der Waals surface area contributed by atoms with Crippen LogP contribution in [0.2, 0.25) is 5.02 Å². The molecule has 2 aliphatic heterocycles. The van der Waals surface area contributed by atoms with Crippen LogP contribution in [0.25, 0.3) is 0 Å². The van der Waals surface area contributed by atoms with Gasteiger partial charge in [0, 0.05) is 42.3 Å². The fourth-order valence-electron chi connectivity index (χ4n) is 8.22. The normalized spacial score (nSPS) is 31.2. The maximum atomic E-state index is 14.8. The monoisotopic (exact) mass is 735 g/mol. The Bertz CT molecular complexity index is 2010. The van der Waals surface area contributed by atoms with E-state index < -0.39 is 33.1 Å². The molecule has 2 bridgehead atoms. The second-order valence-corrected chi connectivity index (χ2v) is 17.5. The Hall–Kier alpha value is -3.87. The number of anilines is 1. The lowest BCUT2D eigenvalue weighted by Crippen LogP contribution is -2.49. The molecule has 1 aromatic heterocycles. The number of nitrogens with zero attached hydrogens (tertiary/aromatic N) is 4. The third-order valence-corrected chi connectivity index (χ3v) is 14.1. The van der Waals surface area contributed by atoms with Gasteiger partial charge >= 0.3 is 0 Å². The summed E-state index contributed by atoms with van der Waals surface area (Å²) in [7, 11) is -0.658. The molecule has 3 aromatic rings. The second-order valence-electron chi connectivity index (χ2n) is 14.7. The number of methoxy groups -OCH3 is 1. The van der Waals surface area contributed by atoms with Crippen LogP contribution in [-0.2, 0) is 28.8 Å². The number of aliphatic hydroxyl groups excluding tert-OH is 1. The van der Waals surface area contributed by atoms with Crippen molar-refractivity contribution < 1.29 is 28.4 Å². The standard InChI is InChI=1S/C38H46ClN5O6S/c1-23-7-5-9-33(45)29-13-10-27(29)19-44-21-38(16-6-8-25-17-28(39)12-14-31(25)38)22-50-34-15-11-26(18-32(34)44)35(46)41-51(48,24(23)2)42-36(47)30-20-43(3)40-37(30)49-4/h5,9,11-12,14-15,17-18,20,23-24,27,29,33,45H,6-8,10,13,16,19,21-22H2,1-4H3,(H,41,42,46,47,48)/b9-5-. The minimum atomic E-state index is -3.70. The topological polar surface area (TPSA) is 135 Å². The van der Waals surface area contributed by atoms with Crippen molar-refractivity contribution in [1.82, 2.24) is 14.5 Å². The molecular weight excluding hydrogens is 690 g/mol. The number of carbonyl (C=O) groups is 2. The molecule has 11 nitrogen and oxygen atoms in total. The van der Waals surface area contributed by atoms with Crippen LogP contribution in [0, 0.1) is 17.8 Å². The van der Waals surface area contributed by atoms with Gasteiger partial charge < -0.3 is 19.5 Å². The number of halogens is 1. The Kier molecular flexibility index (Phi) is 9.70. The summed E-state index contributed by atoms with van der Waals surface area (Å²) < 4.78 is 35.0. The predicted molar refractivity (Wildman–Crippen MR) is 197 cm³/mol. The summed E-state index contributed by atoms with van der Waals surface area (Å²) in [5.74, 6) is -0.625. The Morgan fingerprint density at radius 2 is 2.02 bits per heavy atom. The van der Waals surface area contributed by atoms with Gasteiger partial charge in [0.15, 0.2) is 0 Å². The van der Waals surface area contributed by atoms with Crippen LogP contribution in [0.1, 0.15) is 77.8 Å². The Morgan fingerprint density at radius 1 is 1.20 bits per heavy atom. The number of aromatic nitrogens is 2. The quantitative estimate of drug-likeness (QED) is 0.319. The van der Waals surface area contributed by atoms with Crippen molar-refractivity contribution in [1.29, 1.82) is 0 Å². The van der Waals surface area contributed by atoms with Crippen LogP contribution < -0.4 is 19.1 Å². The average Bonchev–Trinajstić information content (AvgIpc) is 3.41. The van der Waals surface area contributed by atoms with E-state index in [0.717, 1.165) is 42.8 Å². The van der Waals surface area contributed by atoms with Crippen molar-refractivity contribution >= 4 is 39.0 Å². The van der Waals surface area contributed by atoms with Gasteiger partial charge in [0.1, 0.15) is 21.2 Å². The van der Waals surface area contributed by atoms with E-state index in [1.54, 1.807) is 32.2 Å². The molecular formula is C38H46ClN5O6S. The van der Waals surface area contributed by atoms with Gasteiger partial charge in [0.25, 0.3) is 11.8 Å². The van der Waals surface area contributed by atoms with Crippen LogP contribution in [0.5, 0.6) is 11.6 Å². The zero-order chi connectivity index (χ0) is 36.1. The zero-order valence-electron chi connectivity index (χ0n) is 29.5. The first kappa shape index (κ1) is 35.5. The summed E-state index contributed by atoms with van der Waals surface area (Å²) in [6, 6.07) is 11.4. The van der Waals surface area contributed by atoms with Crippen LogP contribution >= 0.6 is 11.6 Å². The van der Waals surface area contributed by atoms with E-state index in [-0.39, 0.29) is 40.2 Å². The third-order valence-electron chi connectivity index (χ3n) is 11.5. The van der Waals surface area contributed by atoms with E-state index in [2.05, 4.69) is 31.2 Å². The van der Waals surface area contributed by atoms with Gasteiger partial charge in [-0.15, -0.1) is 9.46 Å². The third kappa shape index (κ3) is 6.78. The fourth-order valence-corrected chi connectivity index (χ4v) is 10.3. The van der Waals surface area contributed by atoms with Gasteiger partial charge in [0.2, 0.25) is 5.88 Å². The van der Waals surface area contributed by atoms with Gasteiger partial charge in [-0.1, -0.05) is 36.7 Å². The van der Waals surface area contributed by atoms with Crippen molar-refractivity contribution in [3.63, 3.8) is 0 Å². The highest BCUT2D eigenvalue weighted by atomic mass is 35.5. The van der Waals surface area contributed by atoms with Gasteiger partial charge in [-0.25, -0.2) is 4.21 Å². The molecule has 0 saturated heterocycles. The van der Waals surface area contributed by atoms with E-state index >= 15 is 0 Å². The van der Waals surface area contributed by atoms with E-state index in [4.69, 9.17) is 21.1 Å². The maximum Gasteiger partial charge on any atom is 0.286 e. The molecule has 2 amide bonds. The summed E-state index contributed by atoms with van der Waals surface area (Å²) in [6.45, 7) is 5.43. The van der Waals surface area contributed by atoms with E-state index in [1.165, 1.54) is 29.1 Å². The molecule has 13 heteroatoms. The molecule has 2 aliphatic carbocycles. The molecule has 7 unspecified atom stereocenters. The SMILES string of the molecule is COc1nn(C)cc1C(=O)NS1(=O)=NC(=O)c2ccc3c(c2)N(CC2CCC2C(O)/C=C\CC(C)C1C)CC1(CCCc2cc(Cl)ccc21)CO3. The minimum absolute atomic E-state index is 0.0664. The van der Waals surface area contributed by atoms with Gasteiger partial charge in [-0.3, -0.25) is 19.0 Å². The number of amides is 2. The number of allylic oxidation sites excluding steroid dienone is 1. The van der Waals surface area contributed by atoms with Crippen LogP contribution in [0.3, 0.4) is 0 Å². The predicted octanol–water partition coefficient (Wildman–Crippen LogP) is 5.88. The highest BCUT2D eigenvalue weighted by Crippen LogP contribution is 2.47. The van der Waals surface area contributed by atoms with E-state index in [1.807, 2.05) is 25.1 Å². The van der Waals surface area contributed by atoms with Crippen molar-refractivity contribution in [2.45, 2.75) is 69.1 Å². The lowest BCUT2D eigenvalue weighted by Gasteiger charge is -2.45. The molecule has 2 aromatic carbocycles. The highest BCUT2D eigenvalue weighted by molar-refractivity contribution is 7.93. The number of carbonyl (C=O) groups excluding carboxylic acids is 2. The Morgan fingerprint density at radius 3 is 2.78 bits per heavy atom. The van der Waals surface area contributed by atoms with Crippen LogP contribution in [-0.4, -0.2) is 69.1 Å². The van der Waals surface area contributed by atoms with Gasteiger partial charge in [-0.05, 0) is 105 Å². The molecule has 3 heterocycles. The van der Waals surface area contributed by atoms with Crippen molar-refractivity contribution in [2.24, 2.45) is 29.2 Å². The van der Waals surface area contributed by atoms with E-state index in [9.17, 15) is 18.9 Å². The number of aliphatic hydroxyl groups is 1. The van der Waals surface area contributed by atoms with Gasteiger partial charge in [0.05, 0.1) is 30.8 Å². The number of nitrogens with one attached hydrogen (secondary N) is 1. The first-order valence-corrected chi connectivity index (χ1v) is 19.7. The summed E-state index contributed by atoms with van der Waals surface area (Å²) in [5, 5.41) is 15.5. The van der Waals surface area contributed by atoms with Crippen LogP contribution in [0.4, 0.5) is 5.69 Å². The molecule has 7 atom stereocenters. The fraction of sp³-hybridized carbons (Fsp3) is 0.500. The largest absolute Gasteiger partial charge is 0.490 e. The summed E-state index contributed by atoms with van der Waals surface area (Å²) in [5.41, 5.74) is 3.25. The van der Waals surface area contributed by atoms with E-state index in [0.29, 0.717) is 31.9 Å². The zero-order valence-corrected chi connectivity index (χ0v) is 31.1.